The number of alkyl halides is 1. The van der Waals surface area contributed by atoms with Crippen molar-refractivity contribution in [3.8, 4) is 0 Å². The van der Waals surface area contributed by atoms with Crippen LogP contribution in [-0.2, 0) is 9.53 Å². The smallest absolute Gasteiger partial charge is 0.226 e. The highest BCUT2D eigenvalue weighted by atomic mass is 35.5. The maximum Gasteiger partial charge on any atom is 0.226 e. The van der Waals surface area contributed by atoms with Gasteiger partial charge < -0.3 is 10.1 Å². The zero-order valence-corrected chi connectivity index (χ0v) is 7.73. The first-order valence-corrected chi connectivity index (χ1v) is 4.72. The van der Waals surface area contributed by atoms with E-state index < -0.39 is 0 Å². The average Bonchev–Trinajstić information content (AvgIpc) is 2.19. The van der Waals surface area contributed by atoms with Crippen LogP contribution in [0.2, 0.25) is 0 Å². The van der Waals surface area contributed by atoms with E-state index in [-0.39, 0.29) is 23.5 Å². The third kappa shape index (κ3) is 0.896. The third-order valence-electron chi connectivity index (χ3n) is 2.98. The number of nitrogens with one attached hydrogen (secondary N) is 1. The summed E-state index contributed by atoms with van der Waals surface area (Å²) in [5.74, 6) is 0.568. The molecule has 0 spiro atoms. The molecule has 1 N–H and O–H groups in total. The zero-order chi connectivity index (χ0) is 8.77. The molecule has 0 radical (unpaired) electrons. The first-order chi connectivity index (χ1) is 5.68. The molecule has 3 atom stereocenters. The molecular weight excluding hydrogens is 178 g/mol. The van der Waals surface area contributed by atoms with Crippen molar-refractivity contribution in [2.75, 3.05) is 12.5 Å². The summed E-state index contributed by atoms with van der Waals surface area (Å²) in [4.78, 5) is 11.4. The molecule has 2 heterocycles. The minimum absolute atomic E-state index is 0.0475. The fourth-order valence-corrected chi connectivity index (χ4v) is 2.24. The molecule has 0 aliphatic carbocycles. The number of amides is 1. The summed E-state index contributed by atoms with van der Waals surface area (Å²) in [5, 5.41) is 2.91. The Kier molecular flexibility index (Phi) is 1.81. The lowest BCUT2D eigenvalue weighted by Gasteiger charge is -2.43. The van der Waals surface area contributed by atoms with E-state index >= 15 is 0 Å². The van der Waals surface area contributed by atoms with Gasteiger partial charge in [0.15, 0.2) is 0 Å². The van der Waals surface area contributed by atoms with Crippen LogP contribution in [0, 0.1) is 5.92 Å². The van der Waals surface area contributed by atoms with Gasteiger partial charge in [0.05, 0.1) is 24.2 Å². The van der Waals surface area contributed by atoms with E-state index in [0.717, 1.165) is 0 Å². The summed E-state index contributed by atoms with van der Waals surface area (Å²) in [7, 11) is 0. The Morgan fingerprint density at radius 2 is 2.58 bits per heavy atom. The molecule has 2 aliphatic rings. The molecule has 0 bridgehead atoms. The molecule has 2 fully saturated rings. The number of ether oxygens (including phenoxy) is 1. The van der Waals surface area contributed by atoms with Crippen LogP contribution in [0.25, 0.3) is 0 Å². The summed E-state index contributed by atoms with van der Waals surface area (Å²) < 4.78 is 5.44. The van der Waals surface area contributed by atoms with E-state index in [1.165, 1.54) is 0 Å². The monoisotopic (exact) mass is 189 g/mol. The van der Waals surface area contributed by atoms with Crippen molar-refractivity contribution < 1.29 is 9.53 Å². The average molecular weight is 190 g/mol. The normalized spacial score (nSPS) is 45.0. The molecule has 1 amide bonds. The van der Waals surface area contributed by atoms with Gasteiger partial charge in [-0.2, -0.15) is 0 Å². The molecule has 2 rings (SSSR count). The fraction of sp³-hybridized carbons (Fsp3) is 0.875. The summed E-state index contributed by atoms with van der Waals surface area (Å²) >= 11 is 5.61. The molecule has 2 saturated heterocycles. The van der Waals surface area contributed by atoms with Crippen molar-refractivity contribution in [1.82, 2.24) is 5.32 Å². The van der Waals surface area contributed by atoms with Crippen LogP contribution in [0.15, 0.2) is 0 Å². The predicted molar refractivity (Wildman–Crippen MR) is 45.1 cm³/mol. The third-order valence-corrected chi connectivity index (χ3v) is 3.19. The van der Waals surface area contributed by atoms with Gasteiger partial charge in [-0.1, -0.05) is 0 Å². The lowest BCUT2D eigenvalue weighted by atomic mass is 9.81. The van der Waals surface area contributed by atoms with Gasteiger partial charge in [0.2, 0.25) is 5.91 Å². The van der Waals surface area contributed by atoms with E-state index in [1.54, 1.807) is 0 Å². The number of hydrogen-bond acceptors (Lipinski definition) is 2. The SMILES string of the molecule is C[C@@]12OC[C@@H]1NC(=O)[C@@H]2CCCl. The van der Waals surface area contributed by atoms with Crippen molar-refractivity contribution in [1.29, 1.82) is 0 Å². The van der Waals surface area contributed by atoms with Crippen LogP contribution in [0.3, 0.4) is 0 Å². The minimum atomic E-state index is -0.272. The van der Waals surface area contributed by atoms with Crippen LogP contribution in [0.4, 0.5) is 0 Å². The Hall–Kier alpha value is -0.280. The van der Waals surface area contributed by atoms with Gasteiger partial charge in [-0.15, -0.1) is 11.6 Å². The number of halogens is 1. The van der Waals surface area contributed by atoms with E-state index in [2.05, 4.69) is 5.32 Å². The van der Waals surface area contributed by atoms with Crippen molar-refractivity contribution >= 4 is 17.5 Å². The Balaban J connectivity index is 2.14. The molecule has 0 aromatic carbocycles. The summed E-state index contributed by atoms with van der Waals surface area (Å²) in [5.41, 5.74) is -0.272. The largest absolute Gasteiger partial charge is 0.370 e. The van der Waals surface area contributed by atoms with Crippen LogP contribution in [0.1, 0.15) is 13.3 Å². The van der Waals surface area contributed by atoms with Gasteiger partial charge in [-0.25, -0.2) is 0 Å². The number of hydrogen-bond donors (Lipinski definition) is 1. The van der Waals surface area contributed by atoms with E-state index in [4.69, 9.17) is 16.3 Å². The van der Waals surface area contributed by atoms with Crippen molar-refractivity contribution in [3.63, 3.8) is 0 Å². The molecule has 4 heteroatoms. The van der Waals surface area contributed by atoms with E-state index in [1.807, 2.05) is 6.92 Å². The van der Waals surface area contributed by atoms with Gasteiger partial charge in [-0.05, 0) is 13.3 Å². The van der Waals surface area contributed by atoms with Crippen LogP contribution >= 0.6 is 11.6 Å². The Bertz CT molecular complexity index is 221. The van der Waals surface area contributed by atoms with Crippen LogP contribution in [-0.4, -0.2) is 30.0 Å². The maximum atomic E-state index is 11.4. The Morgan fingerprint density at radius 3 is 3.00 bits per heavy atom. The number of rotatable bonds is 2. The second-order valence-corrected chi connectivity index (χ2v) is 3.96. The summed E-state index contributed by atoms with van der Waals surface area (Å²) in [6.45, 7) is 2.64. The fourth-order valence-electron chi connectivity index (χ4n) is 2.02. The van der Waals surface area contributed by atoms with Crippen molar-refractivity contribution in [2.24, 2.45) is 5.92 Å². The number of carbonyl (C=O) groups is 1. The second-order valence-electron chi connectivity index (χ2n) is 3.59. The molecule has 3 nitrogen and oxygen atoms in total. The van der Waals surface area contributed by atoms with Gasteiger partial charge in [0, 0.05) is 5.88 Å². The lowest BCUT2D eigenvalue weighted by Crippen LogP contribution is -2.58. The molecule has 0 aromatic heterocycles. The topological polar surface area (TPSA) is 38.3 Å². The van der Waals surface area contributed by atoms with Gasteiger partial charge in [-0.3, -0.25) is 4.79 Å². The first kappa shape index (κ1) is 8.32. The number of carbonyl (C=O) groups excluding carboxylic acids is 1. The van der Waals surface area contributed by atoms with Gasteiger partial charge in [0.1, 0.15) is 0 Å². The molecule has 0 saturated carbocycles. The van der Waals surface area contributed by atoms with Crippen molar-refractivity contribution in [2.45, 2.75) is 25.0 Å². The molecule has 12 heavy (non-hydrogen) atoms. The maximum absolute atomic E-state index is 11.4. The lowest BCUT2D eigenvalue weighted by molar-refractivity contribution is -0.167. The Labute approximate surface area is 76.4 Å². The van der Waals surface area contributed by atoms with Crippen molar-refractivity contribution in [3.05, 3.63) is 0 Å². The first-order valence-electron chi connectivity index (χ1n) is 4.19. The quantitative estimate of drug-likeness (QED) is 0.644. The predicted octanol–water partition coefficient (Wildman–Crippen LogP) is 0.519. The molecule has 0 unspecified atom stereocenters. The highest BCUT2D eigenvalue weighted by Gasteiger charge is 2.58. The van der Waals surface area contributed by atoms with Crippen LogP contribution < -0.4 is 5.32 Å². The number of fused-ring (bicyclic) bond motifs is 1. The minimum Gasteiger partial charge on any atom is -0.370 e. The zero-order valence-electron chi connectivity index (χ0n) is 6.97. The second kappa shape index (κ2) is 2.60. The van der Waals surface area contributed by atoms with Crippen LogP contribution in [0.5, 0.6) is 0 Å². The van der Waals surface area contributed by atoms with Gasteiger partial charge in [0.25, 0.3) is 0 Å². The molecule has 2 aliphatic heterocycles. The summed E-state index contributed by atoms with van der Waals surface area (Å²) in [6, 6.07) is 0.221. The highest BCUT2D eigenvalue weighted by molar-refractivity contribution is 6.18. The van der Waals surface area contributed by atoms with E-state index in [9.17, 15) is 4.79 Å². The molecule has 0 aromatic rings. The standard InChI is InChI=1S/C8H12ClNO2/c1-8-5(2-3-9)7(11)10-6(8)4-12-8/h5-6H,2-4H2,1H3,(H,10,11)/t5-,6-,8-/m0/s1. The van der Waals surface area contributed by atoms with E-state index in [0.29, 0.717) is 18.9 Å². The summed E-state index contributed by atoms with van der Waals surface area (Å²) in [6.07, 6.45) is 0.709. The molecular formula is C8H12ClNO2. The molecule has 68 valence electrons. The van der Waals surface area contributed by atoms with Gasteiger partial charge >= 0.3 is 0 Å². The highest BCUT2D eigenvalue weighted by Crippen LogP contribution is 2.40. The Morgan fingerprint density at radius 1 is 1.83 bits per heavy atom.